The molecule has 1 aliphatic carbocycles. The van der Waals surface area contributed by atoms with E-state index in [-0.39, 0.29) is 0 Å². The van der Waals surface area contributed by atoms with Gasteiger partial charge in [-0.05, 0) is 13.8 Å². The monoisotopic (exact) mass is 640 g/mol. The normalized spacial score (nSPS) is 14.0. The minimum atomic E-state index is 0.628. The molecule has 0 saturated carbocycles. The third kappa shape index (κ3) is 9.24. The molecule has 1 unspecified atom stereocenters. The summed E-state index contributed by atoms with van der Waals surface area (Å²) in [4.78, 5) is 0. The molecule has 0 nitrogen and oxygen atoms in total. The number of fused-ring (bicyclic) bond motifs is 3. The number of allylic oxidation sites excluding steroid dienone is 4. The zero-order valence-electron chi connectivity index (χ0n) is 26.7. The third-order valence-electron chi connectivity index (χ3n) is 7.91. The van der Waals surface area contributed by atoms with Crippen molar-refractivity contribution in [2.45, 2.75) is 73.1 Å². The molecule has 5 aromatic carbocycles. The maximum absolute atomic E-state index is 3.65. The number of aryl methyl sites for hydroxylation is 2. The van der Waals surface area contributed by atoms with Gasteiger partial charge in [0.25, 0.3) is 0 Å². The van der Waals surface area contributed by atoms with Crippen LogP contribution in [0.4, 0.5) is 0 Å². The molecule has 0 saturated heterocycles. The summed E-state index contributed by atoms with van der Waals surface area (Å²) in [5.41, 5.74) is 8.43. The van der Waals surface area contributed by atoms with Gasteiger partial charge in [0.2, 0.25) is 0 Å². The Balaban J connectivity index is 0.000000148. The molecule has 5 aromatic rings. The number of hydrogen-bond acceptors (Lipinski definition) is 0. The van der Waals surface area contributed by atoms with Gasteiger partial charge in [0, 0.05) is 0 Å². The van der Waals surface area contributed by atoms with E-state index in [0.29, 0.717) is 5.92 Å². The Kier molecular flexibility index (Phi) is 12.8. The molecular formula is C42H46Zr. The molecule has 0 fully saturated rings. The molecule has 1 aliphatic rings. The van der Waals surface area contributed by atoms with Crippen LogP contribution in [0.2, 0.25) is 0 Å². The van der Waals surface area contributed by atoms with Crippen molar-refractivity contribution in [1.82, 2.24) is 0 Å². The van der Waals surface area contributed by atoms with Crippen LogP contribution in [0.3, 0.4) is 0 Å². The van der Waals surface area contributed by atoms with Gasteiger partial charge in [0.05, 0.1) is 0 Å². The van der Waals surface area contributed by atoms with Crippen LogP contribution in [0.15, 0.2) is 120 Å². The topological polar surface area (TPSA) is 0 Å². The Hall–Kier alpha value is -3.02. The van der Waals surface area contributed by atoms with Gasteiger partial charge in [-0.1, -0.05) is 101 Å². The van der Waals surface area contributed by atoms with Gasteiger partial charge in [0.15, 0.2) is 0 Å². The van der Waals surface area contributed by atoms with E-state index in [1.165, 1.54) is 115 Å². The van der Waals surface area contributed by atoms with Crippen molar-refractivity contribution in [3.63, 3.8) is 0 Å². The zero-order chi connectivity index (χ0) is 30.6. The fourth-order valence-electron chi connectivity index (χ4n) is 5.79. The van der Waals surface area contributed by atoms with E-state index in [1.54, 1.807) is 5.57 Å². The minimum absolute atomic E-state index is 0.628. The predicted molar refractivity (Wildman–Crippen MR) is 186 cm³/mol. The van der Waals surface area contributed by atoms with E-state index >= 15 is 0 Å². The van der Waals surface area contributed by atoms with Crippen molar-refractivity contribution < 1.29 is 24.2 Å². The van der Waals surface area contributed by atoms with Crippen LogP contribution in [0, 0.1) is 25.8 Å². The molecule has 218 valence electrons. The van der Waals surface area contributed by atoms with Crippen LogP contribution in [-0.4, -0.2) is 3.21 Å². The van der Waals surface area contributed by atoms with E-state index in [0.717, 1.165) is 0 Å². The Bertz CT molecular complexity index is 1540. The molecule has 0 radical (unpaired) electrons. The van der Waals surface area contributed by atoms with Crippen molar-refractivity contribution >= 4 is 24.8 Å². The first-order valence-corrected chi connectivity index (χ1v) is 17.3. The Morgan fingerprint density at radius 3 is 1.65 bits per heavy atom. The maximum atomic E-state index is 3.65. The molecule has 0 heterocycles. The van der Waals surface area contributed by atoms with Crippen LogP contribution >= 0.6 is 0 Å². The molecule has 0 aromatic heterocycles. The summed E-state index contributed by atoms with van der Waals surface area (Å²) in [7, 11) is 0. The van der Waals surface area contributed by atoms with Gasteiger partial charge < -0.3 is 0 Å². The van der Waals surface area contributed by atoms with Crippen molar-refractivity contribution in [3.05, 3.63) is 149 Å². The van der Waals surface area contributed by atoms with Crippen molar-refractivity contribution in [2.75, 3.05) is 0 Å². The van der Waals surface area contributed by atoms with Crippen molar-refractivity contribution in [3.8, 4) is 0 Å². The number of benzene rings is 4. The summed E-state index contributed by atoms with van der Waals surface area (Å²) in [5, 5.41) is 5.46. The van der Waals surface area contributed by atoms with Crippen LogP contribution in [0.25, 0.3) is 21.5 Å². The first kappa shape index (κ1) is 32.9. The van der Waals surface area contributed by atoms with Gasteiger partial charge in [0.1, 0.15) is 0 Å². The molecule has 1 atom stereocenters. The van der Waals surface area contributed by atoms with Crippen molar-refractivity contribution in [1.29, 1.82) is 0 Å². The first-order chi connectivity index (χ1) is 20.9. The first-order valence-electron chi connectivity index (χ1n) is 16.0. The SMILES string of the molecule is CCCC1=[C-]C(CCC)C=C1CCC.Cc1ccc2c(c1)[cH-]c1cc(C)ccc12.[Zr+2]=[C](c1ccccc1)c1ccccc1. The second kappa shape index (κ2) is 16.7. The third-order valence-corrected chi connectivity index (χ3v) is 9.33. The standard InChI is InChI=1S/C15H13.C14H23.C13H10.Zr/c1-10-3-5-14-12(7-10)9-13-8-11(2)4-6-15(13)14;1-4-7-12-10-13(8-5-2)14(11-12)9-6-3;1-3-7-12(8-4-1)11-13-9-5-2-6-10-13;/h3-9H,1-2H3;10,12H,4-9H2,1-3H3;1-10H;/q2*-1;;+2. The van der Waals surface area contributed by atoms with E-state index in [9.17, 15) is 0 Å². The van der Waals surface area contributed by atoms with Crippen LogP contribution in [0.1, 0.15) is 81.5 Å². The number of rotatable bonds is 8. The summed E-state index contributed by atoms with van der Waals surface area (Å²) in [5.74, 6) is 0.628. The van der Waals surface area contributed by atoms with Crippen molar-refractivity contribution in [2.24, 2.45) is 5.92 Å². The Morgan fingerprint density at radius 1 is 0.674 bits per heavy atom. The fourth-order valence-corrected chi connectivity index (χ4v) is 6.61. The van der Waals surface area contributed by atoms with E-state index in [4.69, 9.17) is 0 Å². The zero-order valence-corrected chi connectivity index (χ0v) is 29.2. The molecule has 43 heavy (non-hydrogen) atoms. The molecule has 0 amide bonds. The predicted octanol–water partition coefficient (Wildman–Crippen LogP) is 11.8. The van der Waals surface area contributed by atoms with Gasteiger partial charge in [-0.2, -0.15) is 11.6 Å². The molecular weight excluding hydrogens is 596 g/mol. The summed E-state index contributed by atoms with van der Waals surface area (Å²) < 4.78 is 1.42. The summed E-state index contributed by atoms with van der Waals surface area (Å²) >= 11 is 1.46. The van der Waals surface area contributed by atoms with E-state index in [1.807, 2.05) is 0 Å². The molecule has 0 aliphatic heterocycles. The summed E-state index contributed by atoms with van der Waals surface area (Å²) in [6.07, 6.45) is 13.7. The average Bonchev–Trinajstić information content (AvgIpc) is 3.58. The fraction of sp³-hybridized carbons (Fsp3) is 0.286. The van der Waals surface area contributed by atoms with E-state index in [2.05, 4.69) is 150 Å². The Morgan fingerprint density at radius 2 is 1.19 bits per heavy atom. The molecule has 0 spiro atoms. The second-order valence-electron chi connectivity index (χ2n) is 11.6. The van der Waals surface area contributed by atoms with Crippen LogP contribution < -0.4 is 0 Å². The van der Waals surface area contributed by atoms with Gasteiger partial charge in [-0.15, -0.1) is 39.7 Å². The van der Waals surface area contributed by atoms with Gasteiger partial charge in [-0.3, -0.25) is 6.08 Å². The van der Waals surface area contributed by atoms with E-state index < -0.39 is 0 Å². The second-order valence-corrected chi connectivity index (χ2v) is 12.9. The average molecular weight is 642 g/mol. The molecule has 0 bridgehead atoms. The Labute approximate surface area is 275 Å². The number of hydrogen-bond donors (Lipinski definition) is 0. The molecule has 6 rings (SSSR count). The summed E-state index contributed by atoms with van der Waals surface area (Å²) in [6, 6.07) is 36.7. The molecule has 0 N–H and O–H groups in total. The van der Waals surface area contributed by atoms with Gasteiger partial charge in [-0.25, -0.2) is 5.57 Å². The molecule has 1 heteroatoms. The van der Waals surface area contributed by atoms with Crippen LogP contribution in [-0.2, 0) is 24.2 Å². The quantitative estimate of drug-likeness (QED) is 0.148. The summed E-state index contributed by atoms with van der Waals surface area (Å²) in [6.45, 7) is 11.1. The van der Waals surface area contributed by atoms with Crippen LogP contribution in [0.5, 0.6) is 0 Å². The van der Waals surface area contributed by atoms with Gasteiger partial charge >= 0.3 is 99.2 Å².